The van der Waals surface area contributed by atoms with Gasteiger partial charge in [0.05, 0.1) is 11.9 Å². The third-order valence-corrected chi connectivity index (χ3v) is 3.11. The molecule has 3 heteroatoms. The van der Waals surface area contributed by atoms with Crippen LogP contribution in [0.3, 0.4) is 0 Å². The van der Waals surface area contributed by atoms with E-state index in [1.54, 1.807) is 0 Å². The van der Waals surface area contributed by atoms with E-state index in [4.69, 9.17) is 5.73 Å². The quantitative estimate of drug-likeness (QED) is 0.802. The number of nitrogens with two attached hydrogens (primary N) is 1. The zero-order valence-electron chi connectivity index (χ0n) is 9.78. The Hall–Kier alpha value is -0.830. The van der Waals surface area contributed by atoms with Gasteiger partial charge in [-0.1, -0.05) is 20.8 Å². The van der Waals surface area contributed by atoms with Gasteiger partial charge in [0.2, 0.25) is 0 Å². The highest BCUT2D eigenvalue weighted by Gasteiger charge is 2.22. The summed E-state index contributed by atoms with van der Waals surface area (Å²) in [6.07, 6.45) is 1.88. The summed E-state index contributed by atoms with van der Waals surface area (Å²) in [5, 5.41) is 4.22. The predicted octanol–water partition coefficient (Wildman–Crippen LogP) is 2.02. The molecule has 0 aliphatic heterocycles. The summed E-state index contributed by atoms with van der Waals surface area (Å²) >= 11 is 0. The Morgan fingerprint density at radius 3 is 2.29 bits per heavy atom. The van der Waals surface area contributed by atoms with E-state index in [2.05, 4.69) is 32.8 Å². The first-order valence-electron chi connectivity index (χ1n) is 5.19. The smallest absolute Gasteiger partial charge is 0.0580 e. The van der Waals surface area contributed by atoms with Crippen LogP contribution in [0.4, 0.5) is 0 Å². The summed E-state index contributed by atoms with van der Waals surface area (Å²) < 4.78 is 1.89. The molecule has 1 rings (SSSR count). The van der Waals surface area contributed by atoms with Gasteiger partial charge in [-0.15, -0.1) is 0 Å². The minimum absolute atomic E-state index is 0.0856. The van der Waals surface area contributed by atoms with Crippen LogP contribution in [-0.2, 0) is 7.05 Å². The van der Waals surface area contributed by atoms with Gasteiger partial charge in [-0.2, -0.15) is 5.10 Å². The number of aryl methyl sites for hydroxylation is 2. The monoisotopic (exact) mass is 195 g/mol. The highest BCUT2D eigenvalue weighted by molar-refractivity contribution is 5.19. The molecular weight excluding hydrogens is 174 g/mol. The van der Waals surface area contributed by atoms with Crippen LogP contribution in [-0.4, -0.2) is 9.78 Å². The molecule has 2 atom stereocenters. The average molecular weight is 195 g/mol. The average Bonchev–Trinajstić information content (AvgIpc) is 2.44. The van der Waals surface area contributed by atoms with Crippen molar-refractivity contribution >= 4 is 0 Å². The molecule has 0 saturated heterocycles. The lowest BCUT2D eigenvalue weighted by Crippen LogP contribution is -2.26. The van der Waals surface area contributed by atoms with Crippen molar-refractivity contribution in [2.45, 2.75) is 33.7 Å². The third kappa shape index (κ3) is 1.98. The van der Waals surface area contributed by atoms with Gasteiger partial charge in [-0.3, -0.25) is 4.68 Å². The Morgan fingerprint density at radius 1 is 1.36 bits per heavy atom. The molecule has 0 fully saturated rings. The van der Waals surface area contributed by atoms with Crippen LogP contribution < -0.4 is 5.73 Å². The summed E-state index contributed by atoms with van der Waals surface area (Å²) in [5.74, 6) is 1.07. The number of hydrogen-bond acceptors (Lipinski definition) is 2. The van der Waals surface area contributed by atoms with Crippen molar-refractivity contribution in [3.05, 3.63) is 17.5 Å². The van der Waals surface area contributed by atoms with Crippen LogP contribution in [0.1, 0.15) is 38.1 Å². The molecule has 0 spiro atoms. The van der Waals surface area contributed by atoms with E-state index in [0.717, 1.165) is 5.69 Å². The highest BCUT2D eigenvalue weighted by Crippen LogP contribution is 2.26. The van der Waals surface area contributed by atoms with Crippen LogP contribution in [0.25, 0.3) is 0 Å². The van der Waals surface area contributed by atoms with Crippen molar-refractivity contribution in [2.24, 2.45) is 24.6 Å². The van der Waals surface area contributed by atoms with Crippen molar-refractivity contribution in [3.8, 4) is 0 Å². The lowest BCUT2D eigenvalue weighted by molar-refractivity contribution is 0.339. The summed E-state index contributed by atoms with van der Waals surface area (Å²) in [5.41, 5.74) is 8.57. The van der Waals surface area contributed by atoms with Crippen LogP contribution in [0.2, 0.25) is 0 Å². The highest BCUT2D eigenvalue weighted by atomic mass is 15.3. The van der Waals surface area contributed by atoms with Gasteiger partial charge in [-0.25, -0.2) is 0 Å². The summed E-state index contributed by atoms with van der Waals surface area (Å²) in [4.78, 5) is 0. The number of nitrogens with zero attached hydrogens (tertiary/aromatic N) is 2. The molecule has 0 aliphatic rings. The maximum absolute atomic E-state index is 6.22. The predicted molar refractivity (Wildman–Crippen MR) is 58.9 cm³/mol. The standard InChI is InChI=1S/C11H21N3/c1-7(2)9(4)10(12)11-8(3)6-13-14(11)5/h6-7,9-10H,12H2,1-5H3. The summed E-state index contributed by atoms with van der Waals surface area (Å²) in [6.45, 7) is 8.67. The fraction of sp³-hybridized carbons (Fsp3) is 0.727. The minimum Gasteiger partial charge on any atom is -0.322 e. The van der Waals surface area contributed by atoms with E-state index in [-0.39, 0.29) is 6.04 Å². The molecule has 0 radical (unpaired) electrons. The molecule has 1 aromatic heterocycles. The Labute approximate surface area is 86.3 Å². The van der Waals surface area contributed by atoms with E-state index in [1.165, 1.54) is 5.56 Å². The van der Waals surface area contributed by atoms with Crippen LogP contribution in [0, 0.1) is 18.8 Å². The number of hydrogen-bond donors (Lipinski definition) is 1. The second-order valence-corrected chi connectivity index (χ2v) is 4.47. The van der Waals surface area contributed by atoms with E-state index < -0.39 is 0 Å². The largest absolute Gasteiger partial charge is 0.322 e. The topological polar surface area (TPSA) is 43.8 Å². The first-order chi connectivity index (χ1) is 6.45. The van der Waals surface area contributed by atoms with Crippen molar-refractivity contribution in [1.82, 2.24) is 9.78 Å². The Bertz CT molecular complexity index is 282. The Balaban J connectivity index is 2.94. The van der Waals surface area contributed by atoms with Crippen LogP contribution >= 0.6 is 0 Å². The molecule has 14 heavy (non-hydrogen) atoms. The van der Waals surface area contributed by atoms with Crippen molar-refractivity contribution < 1.29 is 0 Å². The van der Waals surface area contributed by atoms with Crippen molar-refractivity contribution in [2.75, 3.05) is 0 Å². The van der Waals surface area contributed by atoms with Gasteiger partial charge in [0.1, 0.15) is 0 Å². The van der Waals surface area contributed by atoms with E-state index in [1.807, 2.05) is 17.9 Å². The SMILES string of the molecule is Cc1cnn(C)c1C(N)C(C)C(C)C. The molecule has 0 aliphatic carbocycles. The molecule has 1 heterocycles. The maximum atomic E-state index is 6.22. The van der Waals surface area contributed by atoms with Gasteiger partial charge < -0.3 is 5.73 Å². The Morgan fingerprint density at radius 2 is 1.93 bits per heavy atom. The van der Waals surface area contributed by atoms with Gasteiger partial charge >= 0.3 is 0 Å². The molecule has 1 aromatic rings. The van der Waals surface area contributed by atoms with Crippen molar-refractivity contribution in [3.63, 3.8) is 0 Å². The first kappa shape index (κ1) is 11.2. The van der Waals surface area contributed by atoms with Gasteiger partial charge in [-0.05, 0) is 24.3 Å². The second-order valence-electron chi connectivity index (χ2n) is 4.47. The molecule has 3 nitrogen and oxygen atoms in total. The molecule has 80 valence electrons. The fourth-order valence-electron chi connectivity index (χ4n) is 1.70. The van der Waals surface area contributed by atoms with E-state index >= 15 is 0 Å². The van der Waals surface area contributed by atoms with Gasteiger partial charge in [0, 0.05) is 13.1 Å². The van der Waals surface area contributed by atoms with Crippen LogP contribution in [0.5, 0.6) is 0 Å². The number of rotatable bonds is 3. The lowest BCUT2D eigenvalue weighted by atomic mass is 9.88. The van der Waals surface area contributed by atoms with Gasteiger partial charge in [0.25, 0.3) is 0 Å². The zero-order chi connectivity index (χ0) is 10.9. The summed E-state index contributed by atoms with van der Waals surface area (Å²) in [7, 11) is 1.95. The molecule has 2 unspecified atom stereocenters. The third-order valence-electron chi connectivity index (χ3n) is 3.11. The maximum Gasteiger partial charge on any atom is 0.0580 e. The zero-order valence-corrected chi connectivity index (χ0v) is 9.78. The normalized spacial score (nSPS) is 15.9. The first-order valence-corrected chi connectivity index (χ1v) is 5.19. The van der Waals surface area contributed by atoms with Crippen LogP contribution in [0.15, 0.2) is 6.20 Å². The number of aromatic nitrogens is 2. The van der Waals surface area contributed by atoms with E-state index in [0.29, 0.717) is 11.8 Å². The molecular formula is C11H21N3. The second kappa shape index (κ2) is 4.13. The van der Waals surface area contributed by atoms with Gasteiger partial charge in [0.15, 0.2) is 0 Å². The minimum atomic E-state index is 0.0856. The lowest BCUT2D eigenvalue weighted by Gasteiger charge is -2.24. The summed E-state index contributed by atoms with van der Waals surface area (Å²) in [6, 6.07) is 0.0856. The molecule has 0 saturated carbocycles. The van der Waals surface area contributed by atoms with Crippen molar-refractivity contribution in [1.29, 1.82) is 0 Å². The molecule has 0 bridgehead atoms. The Kier molecular flexibility index (Phi) is 3.32. The fourth-order valence-corrected chi connectivity index (χ4v) is 1.70. The molecule has 0 aromatic carbocycles. The molecule has 2 N–H and O–H groups in total. The van der Waals surface area contributed by atoms with E-state index in [9.17, 15) is 0 Å². The molecule has 0 amide bonds.